The van der Waals surface area contributed by atoms with Crippen LogP contribution in [-0.2, 0) is 28.5 Å². The van der Waals surface area contributed by atoms with E-state index in [9.17, 15) is 29.4 Å². The number of allylic oxidation sites excluding steroid dienone is 10. The minimum Gasteiger partial charge on any atom is -0.468 e. The maximum atomic E-state index is 13.3. The second-order valence-electron chi connectivity index (χ2n) is 12.5. The molecule has 1 aliphatic heterocycles. The quantitative estimate of drug-likeness (QED) is 0.169. The molecule has 2 N–H and O–H groups in total. The van der Waals surface area contributed by atoms with E-state index in [-0.39, 0.29) is 36.0 Å². The Morgan fingerprint density at radius 2 is 1.18 bits per heavy atom. The summed E-state index contributed by atoms with van der Waals surface area (Å²) in [5, 5.41) is 22.1. The molecule has 0 amide bonds. The van der Waals surface area contributed by atoms with E-state index in [2.05, 4.69) is 9.97 Å². The summed E-state index contributed by atoms with van der Waals surface area (Å²) in [7, 11) is 2.36. The number of aromatic nitrogens is 2. The van der Waals surface area contributed by atoms with Gasteiger partial charge in [-0.3, -0.25) is 9.59 Å². The van der Waals surface area contributed by atoms with Crippen LogP contribution in [0.3, 0.4) is 0 Å². The van der Waals surface area contributed by atoms with Gasteiger partial charge in [0.1, 0.15) is 35.6 Å². The van der Waals surface area contributed by atoms with Crippen molar-refractivity contribution in [3.8, 4) is 0 Å². The van der Waals surface area contributed by atoms with Crippen LogP contribution in [0.2, 0.25) is 0 Å². The van der Waals surface area contributed by atoms with Gasteiger partial charge in [0.15, 0.2) is 11.4 Å². The Kier molecular flexibility index (Phi) is 16.7. The van der Waals surface area contributed by atoms with E-state index in [4.69, 9.17) is 27.8 Å². The van der Waals surface area contributed by atoms with E-state index in [0.29, 0.717) is 6.42 Å². The van der Waals surface area contributed by atoms with Crippen LogP contribution in [0, 0.1) is 10.8 Å². The van der Waals surface area contributed by atoms with E-state index in [1.54, 1.807) is 79.8 Å². The second-order valence-corrected chi connectivity index (χ2v) is 12.5. The molecule has 294 valence electrons. The van der Waals surface area contributed by atoms with E-state index >= 15 is 0 Å². The normalized spacial score (nSPS) is 24.2. The molecule has 0 fully saturated rings. The molecule has 6 atom stereocenters. The smallest absolute Gasteiger partial charge is 0.360 e. The van der Waals surface area contributed by atoms with Gasteiger partial charge in [-0.15, -0.1) is 0 Å². The summed E-state index contributed by atoms with van der Waals surface area (Å²) in [6.07, 6.45) is 23.1. The van der Waals surface area contributed by atoms with Gasteiger partial charge in [-0.05, 0) is 27.2 Å². The Bertz CT molecular complexity index is 1860. The van der Waals surface area contributed by atoms with Gasteiger partial charge in [-0.2, -0.15) is 0 Å². The predicted octanol–water partition coefficient (Wildman–Crippen LogP) is 6.08. The minimum atomic E-state index is -1.70. The molecule has 0 saturated carbocycles. The van der Waals surface area contributed by atoms with E-state index < -0.39 is 59.1 Å². The van der Waals surface area contributed by atoms with Crippen molar-refractivity contribution in [2.75, 3.05) is 14.2 Å². The Balaban J connectivity index is 2.02. The average Bonchev–Trinajstić information content (AvgIpc) is 3.87. The summed E-state index contributed by atoms with van der Waals surface area (Å²) in [5.74, 6) is -3.21. The molecule has 0 saturated heterocycles. The first-order valence-electron chi connectivity index (χ1n) is 17.5. The number of cyclic esters (lactones) is 2. The summed E-state index contributed by atoms with van der Waals surface area (Å²) in [6, 6.07) is 0. The Morgan fingerprint density at radius 3 is 1.58 bits per heavy atom. The number of carbonyl (C=O) groups excluding carboxylic acids is 4. The van der Waals surface area contributed by atoms with Crippen LogP contribution < -0.4 is 0 Å². The third-order valence-electron chi connectivity index (χ3n) is 8.82. The zero-order valence-corrected chi connectivity index (χ0v) is 31.7. The lowest BCUT2D eigenvalue weighted by molar-refractivity contribution is -0.168. The highest BCUT2D eigenvalue weighted by atomic mass is 16.6. The number of hydrogen-bond acceptors (Lipinski definition) is 14. The number of rotatable bonds is 9. The van der Waals surface area contributed by atoms with Crippen LogP contribution in [0.25, 0.3) is 12.2 Å². The molecule has 3 heterocycles. The number of methoxy groups -OCH3 is 2. The summed E-state index contributed by atoms with van der Waals surface area (Å²) < 4.78 is 32.5. The summed E-state index contributed by atoms with van der Waals surface area (Å²) in [4.78, 5) is 61.2. The highest BCUT2D eigenvalue weighted by molar-refractivity contribution is 5.88. The largest absolute Gasteiger partial charge is 0.468 e. The maximum Gasteiger partial charge on any atom is 0.360 e. The lowest BCUT2D eigenvalue weighted by Crippen LogP contribution is -2.50. The van der Waals surface area contributed by atoms with Gasteiger partial charge in [0.25, 0.3) is 0 Å². The monoisotopic (exact) mass is 760 g/mol. The first-order chi connectivity index (χ1) is 26.4. The van der Waals surface area contributed by atoms with Gasteiger partial charge in [-0.25, -0.2) is 19.6 Å². The van der Waals surface area contributed by atoms with E-state index in [1.807, 2.05) is 6.92 Å². The lowest BCUT2D eigenvalue weighted by Gasteiger charge is -2.36. The topological polar surface area (TPSA) is 198 Å². The molecule has 0 aromatic carbocycles. The fourth-order valence-corrected chi connectivity index (χ4v) is 5.39. The Morgan fingerprint density at radius 1 is 0.764 bits per heavy atom. The third-order valence-corrected chi connectivity index (χ3v) is 8.82. The zero-order chi connectivity index (χ0) is 40.4. The molecule has 2 aromatic rings. The van der Waals surface area contributed by atoms with Crippen molar-refractivity contribution in [2.24, 2.45) is 10.8 Å². The Hall–Kier alpha value is -5.86. The highest BCUT2D eigenvalue weighted by Gasteiger charge is 2.51. The van der Waals surface area contributed by atoms with Gasteiger partial charge in [0.2, 0.25) is 11.8 Å². The highest BCUT2D eigenvalue weighted by Crippen LogP contribution is 2.36. The Labute approximate surface area is 319 Å². The predicted molar refractivity (Wildman–Crippen MR) is 202 cm³/mol. The molecule has 14 nitrogen and oxygen atoms in total. The molecular weight excluding hydrogens is 712 g/mol. The first-order valence-corrected chi connectivity index (χ1v) is 17.5. The first kappa shape index (κ1) is 43.5. The number of aliphatic hydroxyl groups excluding tert-OH is 2. The molecule has 3 rings (SSSR count). The summed E-state index contributed by atoms with van der Waals surface area (Å²) in [6.45, 7) is 6.44. The van der Waals surface area contributed by atoms with Gasteiger partial charge >= 0.3 is 23.9 Å². The maximum absolute atomic E-state index is 13.3. The second kappa shape index (κ2) is 21.1. The molecule has 6 unspecified atom stereocenters. The van der Waals surface area contributed by atoms with Gasteiger partial charge in [0.05, 0.1) is 26.4 Å². The zero-order valence-electron chi connectivity index (χ0n) is 31.7. The van der Waals surface area contributed by atoms with Crippen LogP contribution in [0.5, 0.6) is 0 Å². The number of aliphatic hydroxyl groups is 2. The number of carbonyl (C=O) groups is 4. The van der Waals surface area contributed by atoms with Gasteiger partial charge in [0, 0.05) is 25.0 Å². The van der Waals surface area contributed by atoms with Crippen LogP contribution in [0.15, 0.2) is 106 Å². The molecule has 0 aliphatic carbocycles. The number of esters is 4. The molecule has 0 spiro atoms. The molecule has 1 aliphatic rings. The van der Waals surface area contributed by atoms with Crippen molar-refractivity contribution < 1.29 is 57.2 Å². The van der Waals surface area contributed by atoms with Crippen LogP contribution in [0.1, 0.15) is 79.7 Å². The number of fused-ring (bicyclic) bond motifs is 4. The van der Waals surface area contributed by atoms with Gasteiger partial charge < -0.3 is 38.0 Å². The van der Waals surface area contributed by atoms with Crippen LogP contribution in [0.4, 0.5) is 0 Å². The van der Waals surface area contributed by atoms with Crippen molar-refractivity contribution in [1.29, 1.82) is 0 Å². The van der Waals surface area contributed by atoms with Crippen molar-refractivity contribution in [3.05, 3.63) is 121 Å². The van der Waals surface area contributed by atoms with Crippen LogP contribution in [-0.4, -0.2) is 82.7 Å². The molecule has 2 aromatic heterocycles. The van der Waals surface area contributed by atoms with Crippen molar-refractivity contribution >= 4 is 36.0 Å². The third kappa shape index (κ3) is 11.3. The van der Waals surface area contributed by atoms with Crippen molar-refractivity contribution in [1.82, 2.24) is 9.97 Å². The number of oxazole rings is 2. The van der Waals surface area contributed by atoms with Gasteiger partial charge in [-0.1, -0.05) is 92.0 Å². The standard InChI is InChI=1S/C41H48N2O12/c1-7-9-21-31(45)41(4,39(49)51-6)33-23-17-13-11-15-19-24-34-42-28(26-52-34)36(46)54-32(40(3,38(48)50-5)30(44)20-8-2)22-16-12-10-14-18-25-35-43-29(27-53-35)37(47)55-33/h8-21,24-27,30-33,44-45H,7,22-23H2,1-6H3/b14-10+,15-11+,16-12-,17-13-,20-8+,21-9+,24-19+,25-18+. The van der Waals surface area contributed by atoms with E-state index in [1.165, 1.54) is 52.4 Å². The van der Waals surface area contributed by atoms with Crippen LogP contribution >= 0.6 is 0 Å². The molecule has 55 heavy (non-hydrogen) atoms. The van der Waals surface area contributed by atoms with Crippen molar-refractivity contribution in [2.45, 2.75) is 71.4 Å². The summed E-state index contributed by atoms with van der Waals surface area (Å²) >= 11 is 0. The molecular formula is C41H48N2O12. The fraction of sp³-hybridized carbons (Fsp3) is 0.366. The number of hydrogen-bond donors (Lipinski definition) is 2. The molecule has 0 radical (unpaired) electrons. The summed E-state index contributed by atoms with van der Waals surface area (Å²) in [5.41, 5.74) is -3.74. The number of nitrogens with zero attached hydrogens (tertiary/aromatic N) is 2. The average molecular weight is 761 g/mol. The lowest BCUT2D eigenvalue weighted by atomic mass is 9.76. The SMILES string of the molecule is C/C=C/C(O)C(C)(C(=O)OC)C1C\C=C/C=C/C=C/c2nc(co2)C(=O)OC(C(C)(C(=O)OC)C(O)/C=C/CC)C\C=C/C=C/C=C/c2nc(co2)C(=O)O1. The minimum absolute atomic E-state index is 0.00166. The van der Waals surface area contributed by atoms with E-state index in [0.717, 1.165) is 12.5 Å². The number of ether oxygens (including phenoxy) is 4. The molecule has 4 bridgehead atoms. The molecule has 14 heteroatoms. The van der Waals surface area contributed by atoms with Crippen molar-refractivity contribution in [3.63, 3.8) is 0 Å². The fourth-order valence-electron chi connectivity index (χ4n) is 5.39.